The molecular formula is C13H21N2O+. The van der Waals surface area contributed by atoms with Gasteiger partial charge < -0.3 is 9.38 Å². The van der Waals surface area contributed by atoms with Crippen LogP contribution in [0.5, 0.6) is 0 Å². The van der Waals surface area contributed by atoms with Gasteiger partial charge in [-0.1, -0.05) is 5.92 Å². The van der Waals surface area contributed by atoms with E-state index in [2.05, 4.69) is 25.9 Å². The molecule has 3 heteroatoms. The number of hydrogen-bond donors (Lipinski definition) is 0. The van der Waals surface area contributed by atoms with Gasteiger partial charge in [0.1, 0.15) is 0 Å². The first-order valence-electron chi connectivity index (χ1n) is 6.18. The van der Waals surface area contributed by atoms with Crippen molar-refractivity contribution >= 4 is 5.91 Å². The van der Waals surface area contributed by atoms with Crippen LogP contribution in [0.2, 0.25) is 0 Å². The average molecular weight is 221 g/mol. The number of carbonyl (C=O) groups is 1. The lowest BCUT2D eigenvalue weighted by Gasteiger charge is -2.28. The molecule has 1 amide bonds. The minimum absolute atomic E-state index is 0.273. The fourth-order valence-electron chi connectivity index (χ4n) is 2.57. The van der Waals surface area contributed by atoms with E-state index in [4.69, 9.17) is 0 Å². The number of rotatable bonds is 1. The zero-order valence-corrected chi connectivity index (χ0v) is 10.3. The molecule has 2 rings (SSSR count). The van der Waals surface area contributed by atoms with E-state index in [0.717, 1.165) is 17.4 Å². The molecule has 1 unspecified atom stereocenters. The van der Waals surface area contributed by atoms with Gasteiger partial charge in [-0.05, 0) is 12.3 Å². The molecule has 0 aromatic carbocycles. The Morgan fingerprint density at radius 3 is 2.81 bits per heavy atom. The molecule has 0 aromatic rings. The smallest absolute Gasteiger partial charge is 0.223 e. The largest absolute Gasteiger partial charge is 0.332 e. The Hall–Kier alpha value is -1.01. The van der Waals surface area contributed by atoms with Gasteiger partial charge in [0.05, 0.1) is 27.2 Å². The molecule has 0 bridgehead atoms. The Morgan fingerprint density at radius 1 is 1.44 bits per heavy atom. The van der Waals surface area contributed by atoms with Crippen LogP contribution >= 0.6 is 0 Å². The zero-order valence-electron chi connectivity index (χ0n) is 10.3. The first kappa shape index (κ1) is 11.5. The van der Waals surface area contributed by atoms with E-state index in [1.165, 1.54) is 19.4 Å². The molecule has 2 fully saturated rings. The van der Waals surface area contributed by atoms with Crippen LogP contribution in [0.1, 0.15) is 25.7 Å². The number of quaternary nitrogens is 1. The van der Waals surface area contributed by atoms with Gasteiger partial charge >= 0.3 is 0 Å². The van der Waals surface area contributed by atoms with Gasteiger partial charge in [-0.25, -0.2) is 0 Å². The van der Waals surface area contributed by atoms with Crippen LogP contribution in [-0.4, -0.2) is 55.1 Å². The molecule has 16 heavy (non-hydrogen) atoms. The van der Waals surface area contributed by atoms with Crippen molar-refractivity contribution in [2.24, 2.45) is 0 Å². The predicted molar refractivity (Wildman–Crippen MR) is 63.6 cm³/mol. The van der Waals surface area contributed by atoms with Crippen molar-refractivity contribution in [3.05, 3.63) is 0 Å². The van der Waals surface area contributed by atoms with Crippen molar-refractivity contribution in [1.82, 2.24) is 4.90 Å². The van der Waals surface area contributed by atoms with E-state index < -0.39 is 0 Å². The molecule has 0 aromatic heterocycles. The molecule has 2 heterocycles. The summed E-state index contributed by atoms with van der Waals surface area (Å²) in [6, 6.07) is 0.470. The van der Waals surface area contributed by atoms with E-state index in [1.54, 1.807) is 0 Å². The lowest BCUT2D eigenvalue weighted by molar-refractivity contribution is -0.894. The minimum Gasteiger partial charge on any atom is -0.332 e. The molecule has 88 valence electrons. The van der Waals surface area contributed by atoms with Crippen molar-refractivity contribution < 1.29 is 9.28 Å². The summed E-state index contributed by atoms with van der Waals surface area (Å²) in [5.41, 5.74) is 0. The molecule has 3 nitrogen and oxygen atoms in total. The molecule has 2 saturated heterocycles. The maximum absolute atomic E-state index is 11.4. The molecule has 0 spiro atoms. The molecule has 0 aliphatic carbocycles. The van der Waals surface area contributed by atoms with Crippen molar-refractivity contribution in [2.45, 2.75) is 31.7 Å². The molecule has 2 aliphatic heterocycles. The minimum atomic E-state index is 0.273. The van der Waals surface area contributed by atoms with E-state index in [9.17, 15) is 4.79 Å². The van der Waals surface area contributed by atoms with Crippen molar-refractivity contribution in [3.63, 3.8) is 0 Å². The highest BCUT2D eigenvalue weighted by Crippen LogP contribution is 2.21. The van der Waals surface area contributed by atoms with Crippen molar-refractivity contribution in [3.8, 4) is 11.8 Å². The topological polar surface area (TPSA) is 20.3 Å². The van der Waals surface area contributed by atoms with Crippen LogP contribution in [0.15, 0.2) is 0 Å². The molecule has 0 N–H and O–H groups in total. The Balaban J connectivity index is 1.88. The third-order valence-corrected chi connectivity index (χ3v) is 3.77. The summed E-state index contributed by atoms with van der Waals surface area (Å²) < 4.78 is 1.01. The lowest BCUT2D eigenvalue weighted by atomic mass is 10.2. The highest BCUT2D eigenvalue weighted by atomic mass is 16.2. The summed E-state index contributed by atoms with van der Waals surface area (Å²) in [6.45, 7) is 2.76. The van der Waals surface area contributed by atoms with E-state index >= 15 is 0 Å². The second kappa shape index (κ2) is 4.47. The number of nitrogens with zero attached hydrogens (tertiary/aromatic N) is 2. The van der Waals surface area contributed by atoms with Crippen LogP contribution < -0.4 is 0 Å². The third kappa shape index (κ3) is 2.38. The first-order chi connectivity index (χ1) is 7.59. The average Bonchev–Trinajstić information content (AvgIpc) is 2.75. The van der Waals surface area contributed by atoms with E-state index in [1.807, 2.05) is 4.90 Å². The number of amides is 1. The predicted octanol–water partition coefficient (Wildman–Crippen LogP) is 0.851. The number of hydrogen-bond acceptors (Lipinski definition) is 1. The fraction of sp³-hybridized carbons (Fsp3) is 0.769. The normalized spacial score (nSPS) is 28.0. The van der Waals surface area contributed by atoms with E-state index in [0.29, 0.717) is 19.0 Å². The van der Waals surface area contributed by atoms with Gasteiger partial charge in [0.2, 0.25) is 5.91 Å². The highest BCUT2D eigenvalue weighted by molar-refractivity contribution is 5.78. The molecule has 1 atom stereocenters. The molecule has 2 aliphatic rings. The second-order valence-electron chi connectivity index (χ2n) is 5.40. The van der Waals surface area contributed by atoms with Crippen molar-refractivity contribution in [1.29, 1.82) is 0 Å². The Labute approximate surface area is 98.0 Å². The Kier molecular flexibility index (Phi) is 3.20. The molecule has 0 radical (unpaired) electrons. The van der Waals surface area contributed by atoms with Crippen LogP contribution in [0.25, 0.3) is 0 Å². The number of carbonyl (C=O) groups excluding carboxylic acids is 1. The lowest BCUT2D eigenvalue weighted by Crippen LogP contribution is -2.43. The molecular weight excluding hydrogens is 200 g/mol. The summed E-state index contributed by atoms with van der Waals surface area (Å²) in [7, 11) is 4.49. The summed E-state index contributed by atoms with van der Waals surface area (Å²) in [6.07, 6.45) is 4.20. The summed E-state index contributed by atoms with van der Waals surface area (Å²) >= 11 is 0. The van der Waals surface area contributed by atoms with Crippen LogP contribution in [0, 0.1) is 11.8 Å². The quantitative estimate of drug-likeness (QED) is 0.475. The maximum Gasteiger partial charge on any atom is 0.223 e. The third-order valence-electron chi connectivity index (χ3n) is 3.77. The van der Waals surface area contributed by atoms with Crippen LogP contribution in [0.3, 0.4) is 0 Å². The van der Waals surface area contributed by atoms with Crippen LogP contribution in [0.4, 0.5) is 0 Å². The van der Waals surface area contributed by atoms with Crippen molar-refractivity contribution in [2.75, 3.05) is 33.7 Å². The molecule has 0 saturated carbocycles. The van der Waals surface area contributed by atoms with Gasteiger partial charge in [-0.15, -0.1) is 0 Å². The van der Waals surface area contributed by atoms with Gasteiger partial charge in [-0.2, -0.15) is 0 Å². The zero-order chi connectivity index (χ0) is 11.6. The second-order valence-corrected chi connectivity index (χ2v) is 5.40. The van der Waals surface area contributed by atoms with Gasteiger partial charge in [0.25, 0.3) is 0 Å². The first-order valence-corrected chi connectivity index (χ1v) is 6.18. The maximum atomic E-state index is 11.4. The summed E-state index contributed by atoms with van der Waals surface area (Å²) in [4.78, 5) is 13.3. The standard InChI is InChI=1S/C13H21N2O/c1-15(2)11-5-7-12(15)6-3-9-14-10-4-8-13(14)16/h12H,4-5,7-11H2,1-2H3/q+1. The van der Waals surface area contributed by atoms with Gasteiger partial charge in [-0.3, -0.25) is 4.79 Å². The SMILES string of the molecule is C[N+]1(C)CCCC1C#CCN1CCCC1=O. The Bertz CT molecular complexity index is 338. The van der Waals surface area contributed by atoms with Crippen LogP contribution in [-0.2, 0) is 4.79 Å². The van der Waals surface area contributed by atoms with Gasteiger partial charge in [0.15, 0.2) is 6.04 Å². The Morgan fingerprint density at radius 2 is 2.25 bits per heavy atom. The monoisotopic (exact) mass is 221 g/mol. The fourth-order valence-corrected chi connectivity index (χ4v) is 2.57. The summed E-state index contributed by atoms with van der Waals surface area (Å²) in [5.74, 6) is 6.82. The number of likely N-dealkylation sites (tertiary alicyclic amines) is 2. The van der Waals surface area contributed by atoms with Gasteiger partial charge in [0, 0.05) is 25.8 Å². The summed E-state index contributed by atoms with van der Waals surface area (Å²) in [5, 5.41) is 0. The van der Waals surface area contributed by atoms with E-state index in [-0.39, 0.29) is 5.91 Å². The highest BCUT2D eigenvalue weighted by Gasteiger charge is 2.32.